The monoisotopic (exact) mass is 290 g/mol. The molecule has 0 amide bonds. The van der Waals surface area contributed by atoms with Crippen LogP contribution in [0.15, 0.2) is 65.2 Å². The second-order valence-electron chi connectivity index (χ2n) is 4.62. The van der Waals surface area contributed by atoms with Crippen LogP contribution in [0.1, 0.15) is 17.0 Å². The lowest BCUT2D eigenvalue weighted by Gasteiger charge is -1.96. The maximum Gasteiger partial charge on any atom is 0.256 e. The van der Waals surface area contributed by atoms with E-state index in [9.17, 15) is 4.39 Å². The summed E-state index contributed by atoms with van der Waals surface area (Å²) in [6.07, 6.45) is 2.82. The maximum absolute atomic E-state index is 14.2. The fourth-order valence-electron chi connectivity index (χ4n) is 1.98. The molecule has 3 rings (SSSR count). The minimum absolute atomic E-state index is 0.0665. The molecule has 0 aliphatic rings. The summed E-state index contributed by atoms with van der Waals surface area (Å²) in [6.45, 7) is 0. The van der Waals surface area contributed by atoms with Gasteiger partial charge in [0.1, 0.15) is 0 Å². The van der Waals surface area contributed by atoms with Crippen LogP contribution in [0.4, 0.5) is 4.39 Å². The molecule has 0 saturated heterocycles. The molecule has 0 aliphatic carbocycles. The molecule has 0 saturated carbocycles. The van der Waals surface area contributed by atoms with Crippen molar-refractivity contribution in [2.45, 2.75) is 0 Å². The summed E-state index contributed by atoms with van der Waals surface area (Å²) in [5.41, 5.74) is 2.00. The zero-order chi connectivity index (χ0) is 15.4. The Labute approximate surface area is 127 Å². The lowest BCUT2D eigenvalue weighted by Crippen LogP contribution is -1.79. The molecule has 1 heterocycles. The van der Waals surface area contributed by atoms with Gasteiger partial charge in [-0.3, -0.25) is 0 Å². The Balaban J connectivity index is 1.86. The first-order chi connectivity index (χ1) is 10.8. The van der Waals surface area contributed by atoms with Gasteiger partial charge in [-0.2, -0.15) is 5.26 Å². The third-order valence-corrected chi connectivity index (χ3v) is 3.10. The molecule has 2 aromatic carbocycles. The molecule has 0 fully saturated rings. The average Bonchev–Trinajstić information content (AvgIpc) is 3.06. The molecule has 22 heavy (non-hydrogen) atoms. The zero-order valence-corrected chi connectivity index (χ0v) is 11.5. The van der Waals surface area contributed by atoms with Gasteiger partial charge in [0.05, 0.1) is 17.8 Å². The van der Waals surface area contributed by atoms with Gasteiger partial charge < -0.3 is 4.42 Å². The van der Waals surface area contributed by atoms with E-state index in [4.69, 9.17) is 9.68 Å². The Morgan fingerprint density at radius 1 is 1.09 bits per heavy atom. The largest absolute Gasteiger partial charge is 0.434 e. The van der Waals surface area contributed by atoms with E-state index in [0.29, 0.717) is 16.9 Å². The van der Waals surface area contributed by atoms with Gasteiger partial charge in [-0.25, -0.2) is 9.37 Å². The summed E-state index contributed by atoms with van der Waals surface area (Å²) in [4.78, 5) is 3.96. The smallest absolute Gasteiger partial charge is 0.256 e. The summed E-state index contributed by atoms with van der Waals surface area (Å²) in [7, 11) is 0. The van der Waals surface area contributed by atoms with Crippen LogP contribution >= 0.6 is 0 Å². The second-order valence-corrected chi connectivity index (χ2v) is 4.62. The predicted octanol–water partition coefficient (Wildman–Crippen LogP) is 4.68. The van der Waals surface area contributed by atoms with Gasteiger partial charge in [-0.15, -0.1) is 0 Å². The number of halogens is 1. The SMILES string of the molecule is N#Cc1ccc(/C=C(/F)c2ncc(-c3ccccc3)o2)cc1. The highest BCUT2D eigenvalue weighted by atomic mass is 19.1. The summed E-state index contributed by atoms with van der Waals surface area (Å²) >= 11 is 0. The minimum atomic E-state index is -0.563. The van der Waals surface area contributed by atoms with Crippen LogP contribution in [0.25, 0.3) is 23.2 Å². The van der Waals surface area contributed by atoms with Crippen molar-refractivity contribution < 1.29 is 8.81 Å². The zero-order valence-electron chi connectivity index (χ0n) is 11.5. The summed E-state index contributed by atoms with van der Waals surface area (Å²) in [5, 5.41) is 8.73. The van der Waals surface area contributed by atoms with Gasteiger partial charge in [0, 0.05) is 5.56 Å². The molecule has 0 N–H and O–H groups in total. The van der Waals surface area contributed by atoms with Crippen LogP contribution in [-0.2, 0) is 0 Å². The van der Waals surface area contributed by atoms with E-state index in [0.717, 1.165) is 5.56 Å². The molecule has 0 bridgehead atoms. The van der Waals surface area contributed by atoms with Gasteiger partial charge >= 0.3 is 0 Å². The molecule has 0 spiro atoms. The van der Waals surface area contributed by atoms with Crippen molar-refractivity contribution in [1.29, 1.82) is 5.26 Å². The molecule has 4 heteroatoms. The lowest BCUT2D eigenvalue weighted by atomic mass is 10.1. The minimum Gasteiger partial charge on any atom is -0.434 e. The third-order valence-electron chi connectivity index (χ3n) is 3.10. The number of hydrogen-bond donors (Lipinski definition) is 0. The first-order valence-corrected chi connectivity index (χ1v) is 6.65. The number of oxazole rings is 1. The first kappa shape index (κ1) is 13.8. The van der Waals surface area contributed by atoms with Crippen molar-refractivity contribution in [2.75, 3.05) is 0 Å². The van der Waals surface area contributed by atoms with Crippen molar-refractivity contribution in [1.82, 2.24) is 4.98 Å². The van der Waals surface area contributed by atoms with Crippen molar-refractivity contribution in [3.05, 3.63) is 77.8 Å². The second kappa shape index (κ2) is 6.06. The molecular weight excluding hydrogens is 279 g/mol. The van der Waals surface area contributed by atoms with Crippen LogP contribution in [0.3, 0.4) is 0 Å². The first-order valence-electron chi connectivity index (χ1n) is 6.65. The van der Waals surface area contributed by atoms with Crippen molar-refractivity contribution in [2.24, 2.45) is 0 Å². The Hall–Kier alpha value is -3.19. The predicted molar refractivity (Wildman–Crippen MR) is 82.1 cm³/mol. The van der Waals surface area contributed by atoms with Crippen LogP contribution in [-0.4, -0.2) is 4.98 Å². The lowest BCUT2D eigenvalue weighted by molar-refractivity contribution is 0.532. The van der Waals surface area contributed by atoms with E-state index in [2.05, 4.69) is 4.98 Å². The van der Waals surface area contributed by atoms with E-state index >= 15 is 0 Å². The summed E-state index contributed by atoms with van der Waals surface area (Å²) in [6, 6.07) is 18.0. The fourth-order valence-corrected chi connectivity index (χ4v) is 1.98. The molecule has 106 valence electrons. The molecular formula is C18H11FN2O. The maximum atomic E-state index is 14.2. The van der Waals surface area contributed by atoms with Crippen molar-refractivity contribution >= 4 is 11.9 Å². The number of nitriles is 1. The standard InChI is InChI=1S/C18H11FN2O/c19-16(10-13-6-8-14(11-20)9-7-13)18-21-12-17(22-18)15-4-2-1-3-5-15/h1-10,12H/b16-10+. The molecule has 0 unspecified atom stereocenters. The molecule has 3 aromatic rings. The number of hydrogen-bond acceptors (Lipinski definition) is 3. The average molecular weight is 290 g/mol. The Bertz CT molecular complexity index is 843. The van der Waals surface area contributed by atoms with Gasteiger partial charge in [0.2, 0.25) is 0 Å². The van der Waals surface area contributed by atoms with E-state index in [1.807, 2.05) is 36.4 Å². The molecule has 3 nitrogen and oxygen atoms in total. The number of aromatic nitrogens is 1. The molecule has 0 atom stereocenters. The van der Waals surface area contributed by atoms with Gasteiger partial charge in [0.25, 0.3) is 5.89 Å². The summed E-state index contributed by atoms with van der Waals surface area (Å²) < 4.78 is 19.6. The Morgan fingerprint density at radius 3 is 2.50 bits per heavy atom. The Kier molecular flexibility index (Phi) is 3.80. The van der Waals surface area contributed by atoms with E-state index < -0.39 is 5.83 Å². The normalized spacial score (nSPS) is 11.2. The Morgan fingerprint density at radius 2 is 1.82 bits per heavy atom. The van der Waals surface area contributed by atoms with Crippen LogP contribution in [0.2, 0.25) is 0 Å². The van der Waals surface area contributed by atoms with Gasteiger partial charge in [0.15, 0.2) is 11.6 Å². The molecule has 0 radical (unpaired) electrons. The van der Waals surface area contributed by atoms with E-state index in [1.165, 1.54) is 12.3 Å². The fraction of sp³-hybridized carbons (Fsp3) is 0. The van der Waals surface area contributed by atoms with Crippen LogP contribution in [0.5, 0.6) is 0 Å². The molecule has 0 aliphatic heterocycles. The highest BCUT2D eigenvalue weighted by Gasteiger charge is 2.10. The molecule has 1 aromatic heterocycles. The number of rotatable bonds is 3. The highest BCUT2D eigenvalue weighted by Crippen LogP contribution is 2.25. The number of nitrogens with zero attached hydrogens (tertiary/aromatic N) is 2. The van der Waals surface area contributed by atoms with Gasteiger partial charge in [-0.1, -0.05) is 42.5 Å². The van der Waals surface area contributed by atoms with Crippen LogP contribution < -0.4 is 0 Å². The van der Waals surface area contributed by atoms with E-state index in [-0.39, 0.29) is 5.89 Å². The third kappa shape index (κ3) is 2.94. The summed E-state index contributed by atoms with van der Waals surface area (Å²) in [5.74, 6) is -0.117. The highest BCUT2D eigenvalue weighted by molar-refractivity contribution is 5.74. The topological polar surface area (TPSA) is 49.8 Å². The van der Waals surface area contributed by atoms with E-state index in [1.54, 1.807) is 24.3 Å². The van der Waals surface area contributed by atoms with Crippen molar-refractivity contribution in [3.63, 3.8) is 0 Å². The number of benzene rings is 2. The van der Waals surface area contributed by atoms with Gasteiger partial charge in [-0.05, 0) is 23.8 Å². The van der Waals surface area contributed by atoms with Crippen LogP contribution in [0, 0.1) is 11.3 Å². The van der Waals surface area contributed by atoms with Crippen molar-refractivity contribution in [3.8, 4) is 17.4 Å². The quantitative estimate of drug-likeness (QED) is 0.703.